The maximum atomic E-state index is 12.6. The van der Waals surface area contributed by atoms with Crippen LogP contribution in [0.4, 0.5) is 5.69 Å². The molecular formula is C21H26N4O2S. The number of nitrogens with zero attached hydrogens (tertiary/aromatic N) is 3. The van der Waals surface area contributed by atoms with Crippen molar-refractivity contribution in [3.63, 3.8) is 0 Å². The summed E-state index contributed by atoms with van der Waals surface area (Å²) in [6.07, 6.45) is 4.33. The quantitative estimate of drug-likeness (QED) is 0.524. The minimum atomic E-state index is -0.0359. The van der Waals surface area contributed by atoms with Crippen LogP contribution in [0.15, 0.2) is 46.2 Å². The lowest BCUT2D eigenvalue weighted by molar-refractivity contribution is -0.113. The summed E-state index contributed by atoms with van der Waals surface area (Å²) in [5.41, 5.74) is 3.27. The number of amides is 1. The summed E-state index contributed by atoms with van der Waals surface area (Å²) < 4.78 is 7.47. The zero-order valence-corrected chi connectivity index (χ0v) is 17.4. The third-order valence-corrected chi connectivity index (χ3v) is 5.47. The molecule has 1 aromatic carbocycles. The van der Waals surface area contributed by atoms with Gasteiger partial charge in [-0.05, 0) is 42.5 Å². The first-order valence-corrected chi connectivity index (χ1v) is 10.7. The van der Waals surface area contributed by atoms with Gasteiger partial charge in [0.15, 0.2) is 16.7 Å². The number of hydrogen-bond donors (Lipinski definition) is 1. The Morgan fingerprint density at radius 2 is 1.86 bits per heavy atom. The Kier molecular flexibility index (Phi) is 6.92. The summed E-state index contributed by atoms with van der Waals surface area (Å²) in [5, 5.41) is 12.4. The van der Waals surface area contributed by atoms with E-state index < -0.39 is 0 Å². The van der Waals surface area contributed by atoms with Gasteiger partial charge in [-0.1, -0.05) is 50.7 Å². The van der Waals surface area contributed by atoms with Crippen molar-refractivity contribution in [3.05, 3.63) is 47.7 Å². The van der Waals surface area contributed by atoms with Crippen molar-refractivity contribution in [1.82, 2.24) is 14.8 Å². The molecule has 28 heavy (non-hydrogen) atoms. The van der Waals surface area contributed by atoms with Crippen LogP contribution >= 0.6 is 11.8 Å². The number of anilines is 1. The first-order chi connectivity index (χ1) is 13.7. The number of thioether (sulfide) groups is 1. The lowest BCUT2D eigenvalue weighted by Crippen LogP contribution is -2.17. The van der Waals surface area contributed by atoms with Crippen LogP contribution in [-0.2, 0) is 24.2 Å². The third kappa shape index (κ3) is 4.47. The Labute approximate surface area is 169 Å². The Balaban J connectivity index is 1.72. The molecule has 0 saturated heterocycles. The molecule has 6 nitrogen and oxygen atoms in total. The fraction of sp³-hybridized carbons (Fsp3) is 0.381. The van der Waals surface area contributed by atoms with Crippen molar-refractivity contribution in [2.45, 2.75) is 51.7 Å². The number of benzene rings is 1. The van der Waals surface area contributed by atoms with Gasteiger partial charge in [-0.3, -0.25) is 9.36 Å². The maximum Gasteiger partial charge on any atom is 0.234 e. The highest BCUT2D eigenvalue weighted by atomic mass is 32.2. The van der Waals surface area contributed by atoms with Crippen molar-refractivity contribution >= 4 is 23.4 Å². The zero-order valence-electron chi connectivity index (χ0n) is 16.6. The zero-order chi connectivity index (χ0) is 19.9. The topological polar surface area (TPSA) is 73.0 Å². The monoisotopic (exact) mass is 398 g/mol. The molecule has 0 spiro atoms. The Morgan fingerprint density at radius 1 is 1.11 bits per heavy atom. The summed E-state index contributed by atoms with van der Waals surface area (Å²) in [6.45, 7) is 7.07. The van der Waals surface area contributed by atoms with E-state index in [2.05, 4.69) is 48.4 Å². The summed E-state index contributed by atoms with van der Waals surface area (Å²) in [6, 6.07) is 9.87. The molecular weight excluding hydrogens is 372 g/mol. The molecule has 0 fully saturated rings. The van der Waals surface area contributed by atoms with Gasteiger partial charge in [0.05, 0.1) is 12.0 Å². The van der Waals surface area contributed by atoms with Gasteiger partial charge in [-0.15, -0.1) is 10.2 Å². The standard InChI is InChI=1S/C21H26N4O2S/c1-4-12-25-20(17-11-8-13-27-17)23-24-21(25)28-14-18(26)22-19-15(5-2)9-7-10-16(19)6-3/h7-11,13H,4-6,12,14H2,1-3H3,(H,22,26). The van der Waals surface area contributed by atoms with Crippen LogP contribution < -0.4 is 5.32 Å². The molecule has 0 saturated carbocycles. The molecule has 3 rings (SSSR count). The molecule has 0 unspecified atom stereocenters. The third-order valence-electron chi connectivity index (χ3n) is 4.50. The minimum Gasteiger partial charge on any atom is -0.461 e. The number of aryl methyl sites for hydroxylation is 2. The molecule has 148 valence electrons. The predicted molar refractivity (Wildman–Crippen MR) is 113 cm³/mol. The number of nitrogens with one attached hydrogen (secondary N) is 1. The van der Waals surface area contributed by atoms with E-state index in [-0.39, 0.29) is 11.7 Å². The van der Waals surface area contributed by atoms with E-state index in [0.29, 0.717) is 11.6 Å². The minimum absolute atomic E-state index is 0.0359. The van der Waals surface area contributed by atoms with Crippen LogP contribution in [0.1, 0.15) is 38.3 Å². The first-order valence-electron chi connectivity index (χ1n) is 9.68. The van der Waals surface area contributed by atoms with Gasteiger partial charge in [0.1, 0.15) is 0 Å². The summed E-state index contributed by atoms with van der Waals surface area (Å²) >= 11 is 1.40. The van der Waals surface area contributed by atoms with Crippen LogP contribution in [0.2, 0.25) is 0 Å². The second-order valence-corrected chi connectivity index (χ2v) is 7.37. The Morgan fingerprint density at radius 3 is 2.46 bits per heavy atom. The fourth-order valence-corrected chi connectivity index (χ4v) is 3.88. The van der Waals surface area contributed by atoms with Crippen LogP contribution in [0.5, 0.6) is 0 Å². The maximum absolute atomic E-state index is 12.6. The van der Waals surface area contributed by atoms with Gasteiger partial charge in [-0.25, -0.2) is 0 Å². The van der Waals surface area contributed by atoms with E-state index in [1.54, 1.807) is 6.26 Å². The molecule has 7 heteroatoms. The molecule has 0 atom stereocenters. The van der Waals surface area contributed by atoms with E-state index >= 15 is 0 Å². The Hall–Kier alpha value is -2.54. The predicted octanol–water partition coefficient (Wildman–Crippen LogP) is 4.80. The van der Waals surface area contributed by atoms with Crippen molar-refractivity contribution < 1.29 is 9.21 Å². The van der Waals surface area contributed by atoms with Crippen molar-refractivity contribution in [2.75, 3.05) is 11.1 Å². The van der Waals surface area contributed by atoms with E-state index in [1.807, 2.05) is 22.8 Å². The SMILES string of the molecule is CCCn1c(SCC(=O)Nc2c(CC)cccc2CC)nnc1-c1ccco1. The van der Waals surface area contributed by atoms with E-state index in [4.69, 9.17) is 4.42 Å². The summed E-state index contributed by atoms with van der Waals surface area (Å²) in [5.74, 6) is 1.62. The smallest absolute Gasteiger partial charge is 0.234 e. The van der Waals surface area contributed by atoms with Crippen LogP contribution in [-0.4, -0.2) is 26.4 Å². The van der Waals surface area contributed by atoms with Gasteiger partial charge in [0.2, 0.25) is 5.91 Å². The molecule has 0 aliphatic carbocycles. The van der Waals surface area contributed by atoms with E-state index in [1.165, 1.54) is 11.8 Å². The van der Waals surface area contributed by atoms with E-state index in [9.17, 15) is 4.79 Å². The first kappa shape index (κ1) is 20.2. The molecule has 1 N–H and O–H groups in total. The van der Waals surface area contributed by atoms with Gasteiger partial charge in [-0.2, -0.15) is 0 Å². The van der Waals surface area contributed by atoms with E-state index in [0.717, 1.165) is 47.8 Å². The number of carbonyl (C=O) groups is 1. The summed E-state index contributed by atoms with van der Waals surface area (Å²) in [7, 11) is 0. The van der Waals surface area contributed by atoms with Crippen molar-refractivity contribution in [2.24, 2.45) is 0 Å². The number of carbonyl (C=O) groups excluding carboxylic acids is 1. The molecule has 0 bridgehead atoms. The molecule has 0 radical (unpaired) electrons. The molecule has 1 amide bonds. The Bertz CT molecular complexity index is 896. The van der Waals surface area contributed by atoms with Crippen molar-refractivity contribution in [3.8, 4) is 11.6 Å². The lowest BCUT2D eigenvalue weighted by atomic mass is 10.0. The fourth-order valence-electron chi connectivity index (χ4n) is 3.12. The highest BCUT2D eigenvalue weighted by Gasteiger charge is 2.17. The summed E-state index contributed by atoms with van der Waals surface area (Å²) in [4.78, 5) is 12.6. The lowest BCUT2D eigenvalue weighted by Gasteiger charge is -2.14. The van der Waals surface area contributed by atoms with Gasteiger partial charge < -0.3 is 9.73 Å². The van der Waals surface area contributed by atoms with Crippen LogP contribution in [0.25, 0.3) is 11.6 Å². The second kappa shape index (κ2) is 9.59. The molecule has 2 aromatic heterocycles. The highest BCUT2D eigenvalue weighted by molar-refractivity contribution is 7.99. The number of aromatic nitrogens is 3. The normalized spacial score (nSPS) is 11.0. The highest BCUT2D eigenvalue weighted by Crippen LogP contribution is 2.26. The molecule has 0 aliphatic heterocycles. The van der Waals surface area contributed by atoms with Crippen LogP contribution in [0.3, 0.4) is 0 Å². The van der Waals surface area contributed by atoms with Gasteiger partial charge in [0.25, 0.3) is 0 Å². The molecule has 3 aromatic rings. The largest absolute Gasteiger partial charge is 0.461 e. The average molecular weight is 399 g/mol. The van der Waals surface area contributed by atoms with Crippen molar-refractivity contribution in [1.29, 1.82) is 0 Å². The van der Waals surface area contributed by atoms with Gasteiger partial charge in [0, 0.05) is 12.2 Å². The molecule has 2 heterocycles. The number of rotatable bonds is 9. The number of furan rings is 1. The number of para-hydroxylation sites is 1. The second-order valence-electron chi connectivity index (χ2n) is 6.43. The van der Waals surface area contributed by atoms with Crippen LogP contribution in [0, 0.1) is 0 Å². The number of hydrogen-bond acceptors (Lipinski definition) is 5. The average Bonchev–Trinajstić information content (AvgIpc) is 3.36. The molecule has 0 aliphatic rings. The van der Waals surface area contributed by atoms with Gasteiger partial charge >= 0.3 is 0 Å².